The quantitative estimate of drug-likeness (QED) is 0.0134. The van der Waals surface area contributed by atoms with Crippen molar-refractivity contribution in [3.8, 4) is 0 Å². The number of aliphatic hydroxyl groups is 3. The number of ether oxygens (including phenoxy) is 7. The number of nitrogens with zero attached hydrogens (tertiary/aromatic N) is 13. The maximum atomic E-state index is 11.7. The van der Waals surface area contributed by atoms with Crippen LogP contribution >= 0.6 is 0 Å². The predicted octanol–water partition coefficient (Wildman–Crippen LogP) is -3.66. The van der Waals surface area contributed by atoms with Crippen molar-refractivity contribution in [3.05, 3.63) is 62.6 Å². The highest BCUT2D eigenvalue weighted by Crippen LogP contribution is 2.15. The number of nitrogens with one attached hydrogen (secondary N) is 3. The minimum absolute atomic E-state index is 0.000790. The molecule has 39 heteroatoms. The molecule has 8 aromatic heterocycles. The Kier molecular flexibility index (Phi) is 26.8. The molecular weight excluding hydrogens is 1180 g/mol. The minimum Gasteiger partial charge on any atom is -0.465 e. The van der Waals surface area contributed by atoms with Gasteiger partial charge in [-0.2, -0.15) is 19.9 Å². The summed E-state index contributed by atoms with van der Waals surface area (Å²) >= 11 is 0. The van der Waals surface area contributed by atoms with Gasteiger partial charge in [0.1, 0.15) is 63.2 Å². The second-order valence-corrected chi connectivity index (χ2v) is 19.9. The lowest BCUT2D eigenvalue weighted by molar-refractivity contribution is -0.153. The molecule has 0 saturated heterocycles. The fourth-order valence-corrected chi connectivity index (χ4v) is 7.20. The van der Waals surface area contributed by atoms with Crippen molar-refractivity contribution >= 4 is 92.3 Å². The van der Waals surface area contributed by atoms with Crippen LogP contribution in [0.25, 0.3) is 44.7 Å². The van der Waals surface area contributed by atoms with E-state index in [0.717, 1.165) is 0 Å². The molecule has 8 rings (SSSR count). The van der Waals surface area contributed by atoms with Crippen LogP contribution in [0.5, 0.6) is 0 Å². The highest BCUT2D eigenvalue weighted by Gasteiger charge is 2.22. The first-order chi connectivity index (χ1) is 42.3. The SMILES string of the molecule is CC(=O)OCC(CCn1cnc2cnc(N)nc21)COC(C)=O.CC(C)[C@H](N)C(=O)OCCOCn1cnc2c(=O)[nH]c(N)nc21.CC(C)[C@H](N)C(=O)OC[C@H](CO)OCn1cnc2c(=O)[nH]c(N)nc21.Nc1nc2c(ncn2COC(CO)CO)c(=O)[nH]1. The van der Waals surface area contributed by atoms with Gasteiger partial charge < -0.3 is 87.4 Å². The molecule has 0 saturated carbocycles. The van der Waals surface area contributed by atoms with Crippen molar-refractivity contribution in [2.75, 3.05) is 75.8 Å². The van der Waals surface area contributed by atoms with Gasteiger partial charge in [-0.15, -0.1) is 0 Å². The number of rotatable bonds is 27. The molecule has 0 spiro atoms. The minimum atomic E-state index is -0.764. The van der Waals surface area contributed by atoms with Gasteiger partial charge in [-0.25, -0.2) is 24.9 Å². The van der Waals surface area contributed by atoms with Gasteiger partial charge in [0, 0.05) is 26.3 Å². The number of nitrogens with two attached hydrogens (primary N) is 6. The molecule has 89 heavy (non-hydrogen) atoms. The summed E-state index contributed by atoms with van der Waals surface area (Å²) < 4.78 is 42.4. The standard InChI is InChI=1S/C14H22N6O5.C14H19N5O4.C13H20N6O4.C9H13N5O4/c1-7(2)9(15)13(23)24-4-8(3-21)25-6-20-5-17-10-11(20)18-14(16)19-12(10)22;1-9(20)22-6-11(7-23-10(2)21)3-4-19-8-17-12-5-16-14(15)18-13(12)19;1-7(2)8(14)12(21)23-4-3-22-6-19-5-16-9-10(19)17-13(15)18-11(9)20;10-9-12-7-6(8(17)13-9)11-3-14(7)4-18-5(1-15)2-16/h5,7-9,21H,3-4,6,15H2,1-2H3,(H3,16,18,19,22);5,8,11H,3-4,6-7H2,1-2H3,(H2,15,16,18);5,7-8H,3-4,6,14H2,1-2H3,(H3,15,17,18,20);3,5,15-16H,1-2,4H2,(H3,10,12,13,17)/t8-,9-;;8-;/m0.0./s1. The van der Waals surface area contributed by atoms with Crippen LogP contribution in [0.4, 0.5) is 23.8 Å². The zero-order valence-electron chi connectivity index (χ0n) is 49.5. The summed E-state index contributed by atoms with van der Waals surface area (Å²) in [6.45, 7) is 10.1. The number of nitrogen functional groups attached to an aromatic ring is 4. The number of imidazole rings is 4. The molecule has 39 nitrogen and oxygen atoms in total. The number of aryl methyl sites for hydroxylation is 1. The summed E-state index contributed by atoms with van der Waals surface area (Å²) in [6.07, 6.45) is 6.53. The molecule has 8 aromatic rings. The molecular formula is C50H74N22O17. The first-order valence-corrected chi connectivity index (χ1v) is 27.1. The number of hydrogen-bond donors (Lipinski definition) is 12. The highest BCUT2D eigenvalue weighted by molar-refractivity contribution is 5.76. The maximum absolute atomic E-state index is 11.7. The van der Waals surface area contributed by atoms with Crippen LogP contribution in [0.2, 0.25) is 0 Å². The van der Waals surface area contributed by atoms with E-state index >= 15 is 0 Å². The lowest BCUT2D eigenvalue weighted by Crippen LogP contribution is -2.39. The van der Waals surface area contributed by atoms with E-state index in [1.165, 1.54) is 46.5 Å². The third-order valence-electron chi connectivity index (χ3n) is 12.3. The zero-order chi connectivity index (χ0) is 65.5. The Labute approximate surface area is 503 Å². The normalized spacial score (nSPS) is 12.3. The lowest BCUT2D eigenvalue weighted by atomic mass is 10.1. The van der Waals surface area contributed by atoms with Gasteiger partial charge in [0.2, 0.25) is 23.8 Å². The first kappa shape index (κ1) is 70.1. The molecule has 0 amide bonds. The Bertz CT molecular complexity index is 3760. The number of carbonyl (C=O) groups excluding carboxylic acids is 4. The van der Waals surface area contributed by atoms with Crippen molar-refractivity contribution in [2.24, 2.45) is 29.2 Å². The number of anilines is 4. The predicted molar refractivity (Wildman–Crippen MR) is 313 cm³/mol. The number of aromatic nitrogens is 16. The maximum Gasteiger partial charge on any atom is 0.323 e. The Morgan fingerprint density at radius 3 is 1.39 bits per heavy atom. The molecule has 0 unspecified atom stereocenters. The molecule has 0 aromatic carbocycles. The summed E-state index contributed by atoms with van der Waals surface area (Å²) in [5.74, 6) is -1.81. The first-order valence-electron chi connectivity index (χ1n) is 27.1. The van der Waals surface area contributed by atoms with Gasteiger partial charge in [0.15, 0.2) is 39.1 Å². The molecule has 0 bridgehead atoms. The fraction of sp³-hybridized carbons (Fsp3) is 0.520. The molecule has 486 valence electrons. The Morgan fingerprint density at radius 2 is 0.955 bits per heavy atom. The van der Waals surface area contributed by atoms with Crippen LogP contribution in [0.3, 0.4) is 0 Å². The number of esters is 4. The van der Waals surface area contributed by atoms with Crippen LogP contribution in [-0.4, -0.2) is 194 Å². The number of carbonyl (C=O) groups is 4. The average Bonchev–Trinajstić information content (AvgIpc) is 2.19. The summed E-state index contributed by atoms with van der Waals surface area (Å²) in [4.78, 5) is 123. The van der Waals surface area contributed by atoms with Crippen molar-refractivity contribution in [2.45, 2.75) is 99.0 Å². The summed E-state index contributed by atoms with van der Waals surface area (Å²) in [5, 5.41) is 27.1. The van der Waals surface area contributed by atoms with E-state index in [9.17, 15) is 38.7 Å². The molecule has 0 aliphatic heterocycles. The lowest BCUT2D eigenvalue weighted by Gasteiger charge is -2.19. The van der Waals surface area contributed by atoms with Crippen LogP contribution in [0.1, 0.15) is 48.0 Å². The third-order valence-corrected chi connectivity index (χ3v) is 12.3. The van der Waals surface area contributed by atoms with E-state index < -0.39 is 52.9 Å². The van der Waals surface area contributed by atoms with Gasteiger partial charge in [0.25, 0.3) is 16.7 Å². The number of hydrogen-bond acceptors (Lipinski definition) is 32. The smallest absolute Gasteiger partial charge is 0.323 e. The number of fused-ring (bicyclic) bond motifs is 4. The van der Waals surface area contributed by atoms with Crippen LogP contribution in [0, 0.1) is 17.8 Å². The van der Waals surface area contributed by atoms with Gasteiger partial charge in [-0.3, -0.25) is 62.2 Å². The zero-order valence-corrected chi connectivity index (χ0v) is 49.5. The Hall–Kier alpha value is -9.64. The van der Waals surface area contributed by atoms with Crippen LogP contribution in [0.15, 0.2) is 45.9 Å². The summed E-state index contributed by atoms with van der Waals surface area (Å²) in [6, 6.07) is -1.39. The highest BCUT2D eigenvalue weighted by atomic mass is 16.6. The van der Waals surface area contributed by atoms with Gasteiger partial charge >= 0.3 is 23.9 Å². The van der Waals surface area contributed by atoms with E-state index in [1.54, 1.807) is 26.4 Å². The second kappa shape index (κ2) is 34.0. The summed E-state index contributed by atoms with van der Waals surface area (Å²) in [7, 11) is 0. The topological polar surface area (TPSA) is 584 Å². The molecule has 0 radical (unpaired) electrons. The molecule has 8 heterocycles. The monoisotopic (exact) mass is 1250 g/mol. The van der Waals surface area contributed by atoms with Crippen LogP contribution in [-0.2, 0) is 79.1 Å². The van der Waals surface area contributed by atoms with E-state index in [1.807, 2.05) is 18.4 Å². The number of aliphatic hydroxyl groups excluding tert-OH is 3. The van der Waals surface area contributed by atoms with Crippen molar-refractivity contribution < 1.29 is 67.7 Å². The van der Waals surface area contributed by atoms with E-state index in [2.05, 4.69) is 59.8 Å². The molecule has 0 aliphatic carbocycles. The van der Waals surface area contributed by atoms with E-state index in [4.69, 9.17) is 77.8 Å². The fourth-order valence-electron chi connectivity index (χ4n) is 7.20. The number of aromatic amines is 3. The van der Waals surface area contributed by atoms with Crippen molar-refractivity contribution in [3.63, 3.8) is 0 Å². The van der Waals surface area contributed by atoms with Crippen LogP contribution < -0.4 is 51.1 Å². The molecule has 3 atom stereocenters. The molecule has 0 fully saturated rings. The second-order valence-electron chi connectivity index (χ2n) is 19.9. The van der Waals surface area contributed by atoms with E-state index in [-0.39, 0.29) is 154 Å². The Morgan fingerprint density at radius 1 is 0.528 bits per heavy atom. The largest absolute Gasteiger partial charge is 0.465 e. The van der Waals surface area contributed by atoms with Gasteiger partial charge in [-0.05, 0) is 18.3 Å². The van der Waals surface area contributed by atoms with Crippen molar-refractivity contribution in [1.82, 2.24) is 78.1 Å². The van der Waals surface area contributed by atoms with Gasteiger partial charge in [0.05, 0.1) is 71.1 Å². The summed E-state index contributed by atoms with van der Waals surface area (Å²) in [5.41, 5.74) is 34.7. The third kappa shape index (κ3) is 21.0. The molecule has 18 N–H and O–H groups in total. The molecule has 0 aliphatic rings. The van der Waals surface area contributed by atoms with Crippen molar-refractivity contribution in [1.29, 1.82) is 0 Å². The average molecular weight is 1260 g/mol. The van der Waals surface area contributed by atoms with E-state index in [0.29, 0.717) is 29.8 Å². The Balaban J connectivity index is 0.000000217. The number of H-pyrrole nitrogens is 3. The van der Waals surface area contributed by atoms with Gasteiger partial charge in [-0.1, -0.05) is 27.7 Å².